The van der Waals surface area contributed by atoms with Gasteiger partial charge in [-0.05, 0) is 51.5 Å². The van der Waals surface area contributed by atoms with E-state index in [4.69, 9.17) is 0 Å². The molecule has 1 aliphatic rings. The summed E-state index contributed by atoms with van der Waals surface area (Å²) in [5, 5.41) is 6.32. The smallest absolute Gasteiger partial charge is 0.244 e. The maximum Gasteiger partial charge on any atom is 0.244 e. The Bertz CT molecular complexity index is 695. The fourth-order valence-electron chi connectivity index (χ4n) is 3.94. The molecule has 172 valence electrons. The zero-order valence-corrected chi connectivity index (χ0v) is 19.4. The predicted molar refractivity (Wildman–Crippen MR) is 126 cm³/mol. The van der Waals surface area contributed by atoms with E-state index in [9.17, 15) is 9.59 Å². The molecule has 7 heteroatoms. The lowest BCUT2D eigenvalue weighted by Gasteiger charge is -2.32. The highest BCUT2D eigenvalue weighted by molar-refractivity contribution is 5.85. The molecule has 0 atom stereocenters. The largest absolute Gasteiger partial charge is 0.357 e. The van der Waals surface area contributed by atoms with Gasteiger partial charge >= 0.3 is 0 Å². The van der Waals surface area contributed by atoms with Crippen LogP contribution in [0, 0.1) is 5.92 Å². The standard InChI is InChI=1S/C24H39N5O2/c1-4-25-24(26-15-12-22(30)28(5-2)6-3)27-19-23(31)29-16-13-21(14-17-29)18-20-10-8-7-9-11-20/h7-11,21H,4-6,12-19H2,1-3H3,(H2,25,26,27). The molecule has 0 saturated carbocycles. The molecule has 1 aromatic carbocycles. The van der Waals surface area contributed by atoms with Crippen molar-refractivity contribution in [2.75, 3.05) is 45.8 Å². The van der Waals surface area contributed by atoms with E-state index in [0.29, 0.717) is 31.4 Å². The highest BCUT2D eigenvalue weighted by Gasteiger charge is 2.22. The van der Waals surface area contributed by atoms with Crippen LogP contribution in [-0.2, 0) is 16.0 Å². The molecule has 0 aliphatic carbocycles. The number of likely N-dealkylation sites (tertiary alicyclic amines) is 1. The van der Waals surface area contributed by atoms with Crippen molar-refractivity contribution in [1.29, 1.82) is 0 Å². The van der Waals surface area contributed by atoms with Crippen molar-refractivity contribution in [3.05, 3.63) is 35.9 Å². The van der Waals surface area contributed by atoms with Crippen LogP contribution in [0.5, 0.6) is 0 Å². The van der Waals surface area contributed by atoms with Crippen molar-refractivity contribution >= 4 is 17.8 Å². The molecule has 2 amide bonds. The maximum absolute atomic E-state index is 12.6. The zero-order valence-electron chi connectivity index (χ0n) is 19.4. The van der Waals surface area contributed by atoms with Gasteiger partial charge in [-0.15, -0.1) is 0 Å². The van der Waals surface area contributed by atoms with E-state index in [0.717, 1.165) is 45.4 Å². The summed E-state index contributed by atoms with van der Waals surface area (Å²) in [6.07, 6.45) is 3.57. The van der Waals surface area contributed by atoms with Gasteiger partial charge in [-0.2, -0.15) is 0 Å². The number of carbonyl (C=O) groups is 2. The van der Waals surface area contributed by atoms with Crippen molar-refractivity contribution < 1.29 is 9.59 Å². The van der Waals surface area contributed by atoms with Gasteiger partial charge in [0.1, 0.15) is 6.54 Å². The predicted octanol–water partition coefficient (Wildman–Crippen LogP) is 2.28. The first-order chi connectivity index (χ1) is 15.1. The summed E-state index contributed by atoms with van der Waals surface area (Å²) >= 11 is 0. The van der Waals surface area contributed by atoms with Crippen LogP contribution in [0.25, 0.3) is 0 Å². The lowest BCUT2D eigenvalue weighted by atomic mass is 9.90. The SMILES string of the molecule is CCNC(=NCC(=O)N1CCC(Cc2ccccc2)CC1)NCCC(=O)N(CC)CC. The van der Waals surface area contributed by atoms with E-state index in [1.165, 1.54) is 5.56 Å². The number of guanidine groups is 1. The number of hydrogen-bond acceptors (Lipinski definition) is 3. The lowest BCUT2D eigenvalue weighted by molar-refractivity contribution is -0.131. The van der Waals surface area contributed by atoms with Crippen LogP contribution in [0.1, 0.15) is 45.6 Å². The van der Waals surface area contributed by atoms with Crippen LogP contribution in [0.2, 0.25) is 0 Å². The Hall–Kier alpha value is -2.57. The Morgan fingerprint density at radius 1 is 1.06 bits per heavy atom. The van der Waals surface area contributed by atoms with Gasteiger partial charge < -0.3 is 20.4 Å². The average Bonchev–Trinajstić information content (AvgIpc) is 2.79. The molecule has 2 N–H and O–H groups in total. The van der Waals surface area contributed by atoms with Crippen LogP contribution in [0.3, 0.4) is 0 Å². The highest BCUT2D eigenvalue weighted by atomic mass is 16.2. The fourth-order valence-corrected chi connectivity index (χ4v) is 3.94. The minimum Gasteiger partial charge on any atom is -0.357 e. The molecule has 7 nitrogen and oxygen atoms in total. The Balaban J connectivity index is 1.75. The number of nitrogens with zero attached hydrogens (tertiary/aromatic N) is 3. The first-order valence-corrected chi connectivity index (χ1v) is 11.7. The normalized spacial score (nSPS) is 14.9. The quantitative estimate of drug-likeness (QED) is 0.442. The molecule has 0 radical (unpaired) electrons. The highest BCUT2D eigenvalue weighted by Crippen LogP contribution is 2.21. The van der Waals surface area contributed by atoms with Gasteiger partial charge in [0.15, 0.2) is 5.96 Å². The molecule has 1 aromatic rings. The number of amides is 2. The molecule has 31 heavy (non-hydrogen) atoms. The third kappa shape index (κ3) is 8.59. The molecular weight excluding hydrogens is 390 g/mol. The van der Waals surface area contributed by atoms with Gasteiger partial charge in [0.2, 0.25) is 11.8 Å². The average molecular weight is 430 g/mol. The molecule has 0 bridgehead atoms. The molecular formula is C24H39N5O2. The van der Waals surface area contributed by atoms with Crippen LogP contribution in [0.4, 0.5) is 0 Å². The molecule has 0 aromatic heterocycles. The van der Waals surface area contributed by atoms with Crippen LogP contribution < -0.4 is 10.6 Å². The van der Waals surface area contributed by atoms with Gasteiger partial charge in [-0.3, -0.25) is 9.59 Å². The minimum absolute atomic E-state index is 0.0644. The van der Waals surface area contributed by atoms with E-state index >= 15 is 0 Å². The maximum atomic E-state index is 12.6. The monoisotopic (exact) mass is 429 g/mol. The molecule has 2 rings (SSSR count). The summed E-state index contributed by atoms with van der Waals surface area (Å²) < 4.78 is 0. The Morgan fingerprint density at radius 2 is 1.74 bits per heavy atom. The summed E-state index contributed by atoms with van der Waals surface area (Å²) in [4.78, 5) is 32.9. The molecule has 0 unspecified atom stereocenters. The van der Waals surface area contributed by atoms with Crippen molar-refractivity contribution in [3.8, 4) is 0 Å². The first kappa shape index (κ1) is 24.7. The summed E-state index contributed by atoms with van der Waals surface area (Å²) in [7, 11) is 0. The van der Waals surface area contributed by atoms with Crippen molar-refractivity contribution in [2.24, 2.45) is 10.9 Å². The second-order valence-corrected chi connectivity index (χ2v) is 7.95. The minimum atomic E-state index is 0.0644. The molecule has 0 spiro atoms. The number of nitrogens with one attached hydrogen (secondary N) is 2. The fraction of sp³-hybridized carbons (Fsp3) is 0.625. The lowest BCUT2D eigenvalue weighted by Crippen LogP contribution is -2.42. The number of benzene rings is 1. The van der Waals surface area contributed by atoms with E-state index in [2.05, 4.69) is 39.9 Å². The Kier molecular flexibility index (Phi) is 10.9. The number of aliphatic imine (C=N–C) groups is 1. The Morgan fingerprint density at radius 3 is 2.35 bits per heavy atom. The van der Waals surface area contributed by atoms with Crippen molar-refractivity contribution in [3.63, 3.8) is 0 Å². The summed E-state index contributed by atoms with van der Waals surface area (Å²) in [6.45, 7) is 10.3. The first-order valence-electron chi connectivity index (χ1n) is 11.7. The molecule has 1 saturated heterocycles. The zero-order chi connectivity index (χ0) is 22.5. The van der Waals surface area contributed by atoms with E-state index in [1.807, 2.05) is 36.6 Å². The number of carbonyl (C=O) groups excluding carboxylic acids is 2. The van der Waals surface area contributed by atoms with Gasteiger partial charge in [0.25, 0.3) is 0 Å². The van der Waals surface area contributed by atoms with Gasteiger partial charge in [-0.1, -0.05) is 30.3 Å². The summed E-state index contributed by atoms with van der Waals surface area (Å²) in [5.74, 6) is 1.41. The number of rotatable bonds is 10. The molecule has 1 aliphatic heterocycles. The van der Waals surface area contributed by atoms with Gasteiger partial charge in [-0.25, -0.2) is 4.99 Å². The van der Waals surface area contributed by atoms with Crippen LogP contribution >= 0.6 is 0 Å². The second kappa shape index (κ2) is 13.7. The molecule has 1 fully saturated rings. The number of piperidine rings is 1. The summed E-state index contributed by atoms with van der Waals surface area (Å²) in [5.41, 5.74) is 1.37. The van der Waals surface area contributed by atoms with E-state index in [-0.39, 0.29) is 18.4 Å². The third-order valence-corrected chi connectivity index (χ3v) is 5.80. The number of hydrogen-bond donors (Lipinski definition) is 2. The topological polar surface area (TPSA) is 77.0 Å². The van der Waals surface area contributed by atoms with E-state index < -0.39 is 0 Å². The van der Waals surface area contributed by atoms with Crippen LogP contribution in [0.15, 0.2) is 35.3 Å². The third-order valence-electron chi connectivity index (χ3n) is 5.80. The summed E-state index contributed by atoms with van der Waals surface area (Å²) in [6, 6.07) is 10.6. The Labute approximate surface area is 187 Å². The van der Waals surface area contributed by atoms with Crippen molar-refractivity contribution in [1.82, 2.24) is 20.4 Å². The van der Waals surface area contributed by atoms with E-state index in [1.54, 1.807) is 0 Å². The van der Waals surface area contributed by atoms with Gasteiger partial charge in [0, 0.05) is 45.7 Å². The second-order valence-electron chi connectivity index (χ2n) is 7.95. The van der Waals surface area contributed by atoms with Crippen molar-refractivity contribution in [2.45, 2.75) is 46.5 Å². The van der Waals surface area contributed by atoms with Gasteiger partial charge in [0.05, 0.1) is 0 Å². The molecule has 1 heterocycles. The van der Waals surface area contributed by atoms with Crippen LogP contribution in [-0.4, -0.2) is 73.4 Å².